The first-order valence-electron chi connectivity index (χ1n) is 5.49. The first-order valence-corrected chi connectivity index (χ1v) is 5.49. The number of hydrogen-bond donors (Lipinski definition) is 2. The molecule has 0 saturated heterocycles. The summed E-state index contributed by atoms with van der Waals surface area (Å²) in [5.74, 6) is 2.62. The first-order chi connectivity index (χ1) is 7.65. The molecule has 1 unspecified atom stereocenters. The second kappa shape index (κ2) is 6.27. The van der Waals surface area contributed by atoms with Crippen LogP contribution in [0.3, 0.4) is 0 Å². The highest BCUT2D eigenvalue weighted by Gasteiger charge is 2.04. The smallest absolute Gasteiger partial charge is 0.218 e. The minimum absolute atomic E-state index is 0.534. The zero-order chi connectivity index (χ0) is 12.0. The summed E-state index contributed by atoms with van der Waals surface area (Å²) < 4.78 is 5.08. The molecule has 90 valence electrons. The van der Waals surface area contributed by atoms with Gasteiger partial charge in [0.05, 0.1) is 7.11 Å². The number of aromatic nitrogens is 2. The molecule has 1 aromatic rings. The summed E-state index contributed by atoms with van der Waals surface area (Å²) in [6.45, 7) is 5.58. The molecule has 5 nitrogen and oxygen atoms in total. The lowest BCUT2D eigenvalue weighted by Gasteiger charge is -2.12. The molecular weight excluding hydrogens is 204 g/mol. The molecular formula is C11H20N4O. The maximum Gasteiger partial charge on any atom is 0.218 e. The zero-order valence-corrected chi connectivity index (χ0v) is 10.2. The number of methoxy groups -OCH3 is 1. The van der Waals surface area contributed by atoms with Crippen LogP contribution in [0.25, 0.3) is 0 Å². The van der Waals surface area contributed by atoms with Crippen LogP contribution in [0.2, 0.25) is 0 Å². The average Bonchev–Trinajstić information content (AvgIpc) is 2.26. The van der Waals surface area contributed by atoms with Crippen LogP contribution in [0.4, 0.5) is 5.82 Å². The Morgan fingerprint density at radius 3 is 2.88 bits per heavy atom. The highest BCUT2D eigenvalue weighted by Crippen LogP contribution is 2.13. The number of hydrogen-bond acceptors (Lipinski definition) is 5. The Hall–Kier alpha value is -1.36. The van der Waals surface area contributed by atoms with Gasteiger partial charge in [0.1, 0.15) is 11.6 Å². The van der Waals surface area contributed by atoms with E-state index >= 15 is 0 Å². The van der Waals surface area contributed by atoms with E-state index in [9.17, 15) is 0 Å². The van der Waals surface area contributed by atoms with E-state index in [4.69, 9.17) is 10.5 Å². The summed E-state index contributed by atoms with van der Waals surface area (Å²) in [5, 5.41) is 3.26. The Bertz CT molecular complexity index is 330. The van der Waals surface area contributed by atoms with Crippen LogP contribution in [0.1, 0.15) is 19.2 Å². The van der Waals surface area contributed by atoms with Gasteiger partial charge in [-0.1, -0.05) is 6.92 Å². The lowest BCUT2D eigenvalue weighted by atomic mass is 10.1. The van der Waals surface area contributed by atoms with E-state index in [1.165, 1.54) is 0 Å². The molecule has 16 heavy (non-hydrogen) atoms. The molecule has 0 bridgehead atoms. The van der Waals surface area contributed by atoms with Gasteiger partial charge in [-0.3, -0.25) is 0 Å². The average molecular weight is 224 g/mol. The van der Waals surface area contributed by atoms with Crippen LogP contribution in [0.15, 0.2) is 6.07 Å². The van der Waals surface area contributed by atoms with Gasteiger partial charge in [0.2, 0.25) is 5.88 Å². The number of nitrogens with zero attached hydrogens (tertiary/aromatic N) is 2. The van der Waals surface area contributed by atoms with Crippen LogP contribution in [-0.4, -0.2) is 30.2 Å². The topological polar surface area (TPSA) is 73.1 Å². The van der Waals surface area contributed by atoms with Gasteiger partial charge in [0, 0.05) is 12.6 Å². The van der Waals surface area contributed by atoms with E-state index in [1.54, 1.807) is 13.2 Å². The highest BCUT2D eigenvalue weighted by molar-refractivity contribution is 5.38. The Morgan fingerprint density at radius 1 is 1.50 bits per heavy atom. The third kappa shape index (κ3) is 4.02. The number of ether oxygens (including phenoxy) is 1. The third-order valence-corrected chi connectivity index (χ3v) is 2.31. The normalized spacial score (nSPS) is 12.2. The van der Waals surface area contributed by atoms with E-state index in [2.05, 4.69) is 22.2 Å². The van der Waals surface area contributed by atoms with Crippen molar-refractivity contribution in [2.75, 3.05) is 25.5 Å². The summed E-state index contributed by atoms with van der Waals surface area (Å²) in [4.78, 5) is 8.40. The standard InChI is InChI=1S/C11H20N4O/c1-8(4-5-12)7-13-10-6-11(16-3)15-9(2)14-10/h6,8H,4-5,7,12H2,1-3H3,(H,13,14,15). The van der Waals surface area contributed by atoms with Crippen molar-refractivity contribution in [1.29, 1.82) is 0 Å². The van der Waals surface area contributed by atoms with E-state index in [0.29, 0.717) is 17.6 Å². The summed E-state index contributed by atoms with van der Waals surface area (Å²) in [6, 6.07) is 1.79. The number of nitrogens with one attached hydrogen (secondary N) is 1. The monoisotopic (exact) mass is 224 g/mol. The molecule has 0 amide bonds. The molecule has 1 atom stereocenters. The third-order valence-electron chi connectivity index (χ3n) is 2.31. The molecule has 0 spiro atoms. The van der Waals surface area contributed by atoms with Crippen LogP contribution in [-0.2, 0) is 0 Å². The van der Waals surface area contributed by atoms with Gasteiger partial charge in [-0.2, -0.15) is 4.98 Å². The highest BCUT2D eigenvalue weighted by atomic mass is 16.5. The van der Waals surface area contributed by atoms with Gasteiger partial charge in [0.25, 0.3) is 0 Å². The van der Waals surface area contributed by atoms with E-state index in [-0.39, 0.29) is 0 Å². The fourth-order valence-electron chi connectivity index (χ4n) is 1.40. The maximum absolute atomic E-state index is 5.49. The van der Waals surface area contributed by atoms with Crippen molar-refractivity contribution in [3.05, 3.63) is 11.9 Å². The van der Waals surface area contributed by atoms with Crippen LogP contribution >= 0.6 is 0 Å². The Labute approximate surface area is 96.4 Å². The SMILES string of the molecule is COc1cc(NCC(C)CCN)nc(C)n1. The number of rotatable bonds is 6. The molecule has 0 aliphatic rings. The predicted molar refractivity (Wildman–Crippen MR) is 64.6 cm³/mol. The van der Waals surface area contributed by atoms with Gasteiger partial charge in [-0.15, -0.1) is 0 Å². The molecule has 5 heteroatoms. The van der Waals surface area contributed by atoms with Crippen molar-refractivity contribution in [2.24, 2.45) is 11.7 Å². The Kier molecular flexibility index (Phi) is 4.98. The van der Waals surface area contributed by atoms with Gasteiger partial charge in [0.15, 0.2) is 0 Å². The molecule has 0 aliphatic carbocycles. The lowest BCUT2D eigenvalue weighted by Crippen LogP contribution is -2.16. The molecule has 1 heterocycles. The molecule has 0 aliphatic heterocycles. The predicted octanol–water partition coefficient (Wildman–Crippen LogP) is 1.19. The van der Waals surface area contributed by atoms with Crippen LogP contribution < -0.4 is 15.8 Å². The molecule has 3 N–H and O–H groups in total. The first kappa shape index (κ1) is 12.7. The quantitative estimate of drug-likeness (QED) is 0.759. The van der Waals surface area contributed by atoms with Crippen molar-refractivity contribution in [2.45, 2.75) is 20.3 Å². The van der Waals surface area contributed by atoms with Crippen LogP contribution in [0, 0.1) is 12.8 Å². The van der Waals surface area contributed by atoms with Crippen molar-refractivity contribution < 1.29 is 4.74 Å². The molecule has 0 aromatic carbocycles. The van der Waals surface area contributed by atoms with Crippen molar-refractivity contribution in [3.63, 3.8) is 0 Å². The largest absolute Gasteiger partial charge is 0.481 e. The summed E-state index contributed by atoms with van der Waals surface area (Å²) >= 11 is 0. The van der Waals surface area contributed by atoms with Gasteiger partial charge in [-0.25, -0.2) is 4.98 Å². The fourth-order valence-corrected chi connectivity index (χ4v) is 1.40. The maximum atomic E-state index is 5.49. The molecule has 1 rings (SSSR count). The van der Waals surface area contributed by atoms with E-state index in [0.717, 1.165) is 25.3 Å². The number of anilines is 1. The van der Waals surface area contributed by atoms with Gasteiger partial charge >= 0.3 is 0 Å². The molecule has 1 aromatic heterocycles. The summed E-state index contributed by atoms with van der Waals surface area (Å²) in [6.07, 6.45) is 1.01. The number of aryl methyl sites for hydroxylation is 1. The van der Waals surface area contributed by atoms with Crippen molar-refractivity contribution in [3.8, 4) is 5.88 Å². The molecule has 0 radical (unpaired) electrons. The van der Waals surface area contributed by atoms with E-state index in [1.807, 2.05) is 6.92 Å². The van der Waals surface area contributed by atoms with Crippen molar-refractivity contribution in [1.82, 2.24) is 9.97 Å². The van der Waals surface area contributed by atoms with E-state index < -0.39 is 0 Å². The summed E-state index contributed by atoms with van der Waals surface area (Å²) in [5.41, 5.74) is 5.49. The molecule has 0 saturated carbocycles. The lowest BCUT2D eigenvalue weighted by molar-refractivity contribution is 0.396. The molecule has 0 fully saturated rings. The minimum Gasteiger partial charge on any atom is -0.481 e. The summed E-state index contributed by atoms with van der Waals surface area (Å²) in [7, 11) is 1.60. The van der Waals surface area contributed by atoms with Gasteiger partial charge in [-0.05, 0) is 25.8 Å². The Morgan fingerprint density at radius 2 is 2.25 bits per heavy atom. The van der Waals surface area contributed by atoms with Crippen molar-refractivity contribution >= 4 is 5.82 Å². The fraction of sp³-hybridized carbons (Fsp3) is 0.636. The minimum atomic E-state index is 0.534. The van der Waals surface area contributed by atoms with Gasteiger partial charge < -0.3 is 15.8 Å². The van der Waals surface area contributed by atoms with Crippen LogP contribution in [0.5, 0.6) is 5.88 Å². The zero-order valence-electron chi connectivity index (χ0n) is 10.2. The Balaban J connectivity index is 2.56. The second-order valence-corrected chi connectivity index (χ2v) is 3.91. The second-order valence-electron chi connectivity index (χ2n) is 3.91. The number of nitrogens with two attached hydrogens (primary N) is 1.